The Morgan fingerprint density at radius 2 is 2.11 bits per heavy atom. The molecule has 1 aromatic rings. The molecule has 1 N–H and O–H groups in total. The molecule has 96 valence electrons. The van der Waals surface area contributed by atoms with Gasteiger partial charge in [0.1, 0.15) is 0 Å². The smallest absolute Gasteiger partial charge is 0.228 e. The van der Waals surface area contributed by atoms with Crippen molar-refractivity contribution in [3.8, 4) is 0 Å². The molecule has 3 rings (SSSR count). The minimum atomic E-state index is 0.197. The van der Waals surface area contributed by atoms with Gasteiger partial charge in [0.25, 0.3) is 0 Å². The molecular weight excluding hydrogens is 224 g/mol. The highest BCUT2D eigenvalue weighted by atomic mass is 16.2. The van der Waals surface area contributed by atoms with Crippen LogP contribution in [0.1, 0.15) is 44.2 Å². The number of nitrogens with zero attached hydrogens (tertiary/aromatic N) is 1. The molecule has 0 bridgehead atoms. The second kappa shape index (κ2) is 4.38. The van der Waals surface area contributed by atoms with Gasteiger partial charge in [-0.1, -0.05) is 19.3 Å². The van der Waals surface area contributed by atoms with Crippen LogP contribution < -0.4 is 5.32 Å². The van der Waals surface area contributed by atoms with Crippen LogP contribution in [0.5, 0.6) is 0 Å². The van der Waals surface area contributed by atoms with Crippen LogP contribution in [0.4, 0.5) is 5.69 Å². The number of rotatable bonds is 2. The summed E-state index contributed by atoms with van der Waals surface area (Å²) in [7, 11) is 0. The van der Waals surface area contributed by atoms with Crippen molar-refractivity contribution in [2.24, 2.45) is 11.3 Å². The van der Waals surface area contributed by atoms with E-state index < -0.39 is 0 Å². The third kappa shape index (κ3) is 2.14. The fourth-order valence-electron chi connectivity index (χ4n) is 3.30. The molecule has 3 nitrogen and oxygen atoms in total. The van der Waals surface area contributed by atoms with E-state index in [-0.39, 0.29) is 11.8 Å². The van der Waals surface area contributed by atoms with Gasteiger partial charge in [0.15, 0.2) is 0 Å². The van der Waals surface area contributed by atoms with Crippen molar-refractivity contribution >= 4 is 11.6 Å². The van der Waals surface area contributed by atoms with E-state index in [4.69, 9.17) is 0 Å². The summed E-state index contributed by atoms with van der Waals surface area (Å²) in [5.41, 5.74) is 2.16. The highest BCUT2D eigenvalue weighted by Crippen LogP contribution is 2.61. The van der Waals surface area contributed by atoms with Gasteiger partial charge in [0.05, 0.1) is 11.9 Å². The number of hydrogen-bond donors (Lipinski definition) is 1. The number of anilines is 1. The van der Waals surface area contributed by atoms with Crippen LogP contribution in [0, 0.1) is 18.3 Å². The van der Waals surface area contributed by atoms with Gasteiger partial charge in [-0.15, -0.1) is 0 Å². The molecule has 1 unspecified atom stereocenters. The van der Waals surface area contributed by atoms with Crippen LogP contribution in [0.3, 0.4) is 0 Å². The molecule has 0 radical (unpaired) electrons. The summed E-state index contributed by atoms with van der Waals surface area (Å²) >= 11 is 0. The summed E-state index contributed by atoms with van der Waals surface area (Å²) in [4.78, 5) is 16.4. The first kappa shape index (κ1) is 11.7. The van der Waals surface area contributed by atoms with Gasteiger partial charge in [0.2, 0.25) is 5.91 Å². The molecule has 2 saturated carbocycles. The lowest BCUT2D eigenvalue weighted by atomic mass is 9.84. The van der Waals surface area contributed by atoms with E-state index in [2.05, 4.69) is 10.3 Å². The van der Waals surface area contributed by atoms with Crippen molar-refractivity contribution in [3.05, 3.63) is 24.0 Å². The van der Waals surface area contributed by atoms with Crippen molar-refractivity contribution in [2.75, 3.05) is 5.32 Å². The SMILES string of the molecule is Cc1ccc(NC(=O)C2CC23CCCCC3)cn1. The average Bonchev–Trinajstić information content (AvgIpc) is 3.07. The molecule has 1 atom stereocenters. The number of amides is 1. The number of aromatic nitrogens is 1. The first-order chi connectivity index (χ1) is 8.70. The molecule has 0 saturated heterocycles. The van der Waals surface area contributed by atoms with Crippen LogP contribution in [-0.4, -0.2) is 10.9 Å². The predicted molar refractivity (Wildman–Crippen MR) is 71.2 cm³/mol. The number of aryl methyl sites for hydroxylation is 1. The lowest BCUT2D eigenvalue weighted by Crippen LogP contribution is -2.20. The Kier molecular flexibility index (Phi) is 2.84. The molecule has 18 heavy (non-hydrogen) atoms. The zero-order valence-corrected chi connectivity index (χ0v) is 10.9. The van der Waals surface area contributed by atoms with Crippen molar-refractivity contribution in [1.82, 2.24) is 4.98 Å². The number of pyridine rings is 1. The third-order valence-corrected chi connectivity index (χ3v) is 4.53. The molecule has 0 aliphatic heterocycles. The summed E-state index contributed by atoms with van der Waals surface area (Å²) in [6.07, 6.45) is 9.28. The molecule has 2 fully saturated rings. The molecular formula is C15H20N2O. The molecule has 1 amide bonds. The van der Waals surface area contributed by atoms with Crippen molar-refractivity contribution in [2.45, 2.75) is 45.4 Å². The quantitative estimate of drug-likeness (QED) is 0.867. The Balaban J connectivity index is 1.61. The normalized spacial score (nSPS) is 24.8. The fourth-order valence-corrected chi connectivity index (χ4v) is 3.30. The second-order valence-electron chi connectivity index (χ2n) is 5.86. The van der Waals surface area contributed by atoms with E-state index in [0.717, 1.165) is 17.8 Å². The average molecular weight is 244 g/mol. The molecule has 2 aliphatic rings. The van der Waals surface area contributed by atoms with Crippen molar-refractivity contribution in [3.63, 3.8) is 0 Å². The van der Waals surface area contributed by atoms with E-state index in [9.17, 15) is 4.79 Å². The third-order valence-electron chi connectivity index (χ3n) is 4.53. The number of nitrogens with one attached hydrogen (secondary N) is 1. The maximum atomic E-state index is 12.2. The maximum absolute atomic E-state index is 12.2. The van der Waals surface area contributed by atoms with Crippen LogP contribution in [0.15, 0.2) is 18.3 Å². The van der Waals surface area contributed by atoms with E-state index in [1.807, 2.05) is 19.1 Å². The van der Waals surface area contributed by atoms with Crippen LogP contribution in [0.25, 0.3) is 0 Å². The van der Waals surface area contributed by atoms with Crippen LogP contribution in [-0.2, 0) is 4.79 Å². The van der Waals surface area contributed by atoms with Gasteiger partial charge in [-0.3, -0.25) is 9.78 Å². The van der Waals surface area contributed by atoms with Gasteiger partial charge in [-0.25, -0.2) is 0 Å². The summed E-state index contributed by atoms with van der Waals surface area (Å²) in [5, 5.41) is 3.00. The Morgan fingerprint density at radius 1 is 1.33 bits per heavy atom. The van der Waals surface area contributed by atoms with Gasteiger partial charge in [0, 0.05) is 11.6 Å². The summed E-state index contributed by atoms with van der Waals surface area (Å²) in [5.74, 6) is 0.446. The van der Waals surface area contributed by atoms with Crippen LogP contribution in [0.2, 0.25) is 0 Å². The minimum Gasteiger partial charge on any atom is -0.324 e. The second-order valence-corrected chi connectivity index (χ2v) is 5.86. The monoisotopic (exact) mass is 244 g/mol. The molecule has 1 spiro atoms. The number of carbonyl (C=O) groups excluding carboxylic acids is 1. The van der Waals surface area contributed by atoms with Crippen molar-refractivity contribution < 1.29 is 4.79 Å². The summed E-state index contributed by atoms with van der Waals surface area (Å²) in [6.45, 7) is 1.95. The summed E-state index contributed by atoms with van der Waals surface area (Å²) < 4.78 is 0. The maximum Gasteiger partial charge on any atom is 0.228 e. The predicted octanol–water partition coefficient (Wildman–Crippen LogP) is 3.30. The Bertz CT molecular complexity index is 446. The largest absolute Gasteiger partial charge is 0.324 e. The molecule has 1 aromatic heterocycles. The van der Waals surface area contributed by atoms with E-state index >= 15 is 0 Å². The topological polar surface area (TPSA) is 42.0 Å². The summed E-state index contributed by atoms with van der Waals surface area (Å²) in [6, 6.07) is 3.86. The zero-order chi connectivity index (χ0) is 12.6. The number of carbonyl (C=O) groups is 1. The highest BCUT2D eigenvalue weighted by Gasteiger charge is 2.57. The lowest BCUT2D eigenvalue weighted by Gasteiger charge is -2.22. The Labute approximate surface area is 108 Å². The minimum absolute atomic E-state index is 0.197. The van der Waals surface area contributed by atoms with Crippen molar-refractivity contribution in [1.29, 1.82) is 0 Å². The van der Waals surface area contributed by atoms with Gasteiger partial charge in [-0.2, -0.15) is 0 Å². The van der Waals surface area contributed by atoms with Crippen LogP contribution >= 0.6 is 0 Å². The molecule has 3 heteroatoms. The molecule has 2 aliphatic carbocycles. The first-order valence-electron chi connectivity index (χ1n) is 6.93. The molecule has 1 heterocycles. The lowest BCUT2D eigenvalue weighted by molar-refractivity contribution is -0.118. The standard InChI is InChI=1S/C15H20N2O/c1-11-5-6-12(10-16-11)17-14(18)13-9-15(13)7-3-2-4-8-15/h5-6,10,13H,2-4,7-9H2,1H3,(H,17,18). The van der Waals surface area contributed by atoms with E-state index in [1.54, 1.807) is 6.20 Å². The van der Waals surface area contributed by atoms with Gasteiger partial charge < -0.3 is 5.32 Å². The highest BCUT2D eigenvalue weighted by molar-refractivity contribution is 5.94. The van der Waals surface area contributed by atoms with E-state index in [0.29, 0.717) is 5.41 Å². The first-order valence-corrected chi connectivity index (χ1v) is 6.93. The Morgan fingerprint density at radius 3 is 2.78 bits per heavy atom. The zero-order valence-electron chi connectivity index (χ0n) is 10.9. The Hall–Kier alpha value is -1.38. The molecule has 0 aromatic carbocycles. The van der Waals surface area contributed by atoms with E-state index in [1.165, 1.54) is 32.1 Å². The fraction of sp³-hybridized carbons (Fsp3) is 0.600. The van der Waals surface area contributed by atoms with Gasteiger partial charge in [-0.05, 0) is 43.7 Å². The van der Waals surface area contributed by atoms with Gasteiger partial charge >= 0.3 is 0 Å². The number of hydrogen-bond acceptors (Lipinski definition) is 2.